The van der Waals surface area contributed by atoms with Crippen molar-refractivity contribution in [2.75, 3.05) is 32.0 Å². The van der Waals surface area contributed by atoms with Crippen LogP contribution in [-0.4, -0.2) is 48.7 Å². The molecule has 0 aromatic heterocycles. The number of carboxylic acid groups (broad SMARTS) is 1. The van der Waals surface area contributed by atoms with E-state index < -0.39 is 5.97 Å². The first-order chi connectivity index (χ1) is 9.43. The molecule has 110 valence electrons. The van der Waals surface area contributed by atoms with Gasteiger partial charge in [-0.2, -0.15) is 0 Å². The highest BCUT2D eigenvalue weighted by atomic mass is 16.4. The van der Waals surface area contributed by atoms with Gasteiger partial charge in [-0.25, -0.2) is 9.59 Å². The summed E-state index contributed by atoms with van der Waals surface area (Å²) in [7, 11) is 1.97. The maximum absolute atomic E-state index is 11.7. The molecule has 20 heavy (non-hydrogen) atoms. The Kier molecular flexibility index (Phi) is 5.99. The summed E-state index contributed by atoms with van der Waals surface area (Å²) in [5.74, 6) is -1.00. The predicted molar refractivity (Wildman–Crippen MR) is 78.3 cm³/mol. The third-order valence-electron chi connectivity index (χ3n) is 3.04. The third kappa shape index (κ3) is 4.89. The van der Waals surface area contributed by atoms with Crippen molar-refractivity contribution in [3.8, 4) is 0 Å². The predicted octanol–water partition coefficient (Wildman–Crippen LogP) is 1.77. The molecule has 6 nitrogen and oxygen atoms in total. The van der Waals surface area contributed by atoms with Crippen LogP contribution in [-0.2, 0) is 0 Å². The highest BCUT2D eigenvalue weighted by Gasteiger charge is 2.09. The zero-order valence-electron chi connectivity index (χ0n) is 12.1. The van der Waals surface area contributed by atoms with Crippen LogP contribution in [0.5, 0.6) is 0 Å². The first-order valence-corrected chi connectivity index (χ1v) is 6.51. The number of amides is 2. The summed E-state index contributed by atoms with van der Waals surface area (Å²) in [6.07, 6.45) is 0. The molecule has 0 aliphatic rings. The van der Waals surface area contributed by atoms with E-state index in [1.54, 1.807) is 19.1 Å². The lowest BCUT2D eigenvalue weighted by Gasteiger charge is -2.14. The number of carbonyl (C=O) groups excluding carboxylic acids is 1. The van der Waals surface area contributed by atoms with Crippen molar-refractivity contribution in [1.29, 1.82) is 0 Å². The minimum Gasteiger partial charge on any atom is -0.478 e. The van der Waals surface area contributed by atoms with Crippen LogP contribution in [0.15, 0.2) is 18.2 Å². The highest BCUT2D eigenvalue weighted by Crippen LogP contribution is 2.15. The number of anilines is 1. The lowest BCUT2D eigenvalue weighted by atomic mass is 10.1. The van der Waals surface area contributed by atoms with Crippen molar-refractivity contribution in [1.82, 2.24) is 10.2 Å². The van der Waals surface area contributed by atoms with Crippen molar-refractivity contribution in [2.24, 2.45) is 0 Å². The molecule has 0 aliphatic heterocycles. The van der Waals surface area contributed by atoms with Gasteiger partial charge in [-0.1, -0.05) is 13.0 Å². The van der Waals surface area contributed by atoms with Crippen LogP contribution in [0.4, 0.5) is 10.5 Å². The van der Waals surface area contributed by atoms with Crippen LogP contribution in [0.25, 0.3) is 0 Å². The Morgan fingerprint density at radius 3 is 2.65 bits per heavy atom. The number of hydrogen-bond acceptors (Lipinski definition) is 3. The minimum atomic E-state index is -1.00. The van der Waals surface area contributed by atoms with Gasteiger partial charge in [0.05, 0.1) is 5.56 Å². The summed E-state index contributed by atoms with van der Waals surface area (Å²) in [4.78, 5) is 24.7. The molecule has 0 fully saturated rings. The van der Waals surface area contributed by atoms with E-state index in [9.17, 15) is 9.59 Å². The summed E-state index contributed by atoms with van der Waals surface area (Å²) in [6, 6.07) is 4.47. The van der Waals surface area contributed by atoms with Crippen LogP contribution in [0, 0.1) is 6.92 Å². The Morgan fingerprint density at radius 2 is 2.05 bits per heavy atom. The normalized spacial score (nSPS) is 10.4. The van der Waals surface area contributed by atoms with E-state index in [0.717, 1.165) is 13.1 Å². The number of carboxylic acids is 1. The quantitative estimate of drug-likeness (QED) is 0.741. The first kappa shape index (κ1) is 16.0. The number of nitrogens with one attached hydrogen (secondary N) is 2. The molecular formula is C14H21N3O3. The van der Waals surface area contributed by atoms with Crippen molar-refractivity contribution in [3.63, 3.8) is 0 Å². The van der Waals surface area contributed by atoms with E-state index in [-0.39, 0.29) is 11.6 Å². The molecular weight excluding hydrogens is 258 g/mol. The zero-order chi connectivity index (χ0) is 15.1. The summed E-state index contributed by atoms with van der Waals surface area (Å²) in [5, 5.41) is 14.4. The number of urea groups is 1. The standard InChI is InChI=1S/C14H21N3O3/c1-4-17(3)8-7-15-14(20)16-11-6-5-10(2)12(9-11)13(18)19/h5-6,9H,4,7-8H2,1-3H3,(H,18,19)(H2,15,16,20). The molecule has 0 heterocycles. The summed E-state index contributed by atoms with van der Waals surface area (Å²) < 4.78 is 0. The Hall–Kier alpha value is -2.08. The van der Waals surface area contributed by atoms with Crippen molar-refractivity contribution >= 4 is 17.7 Å². The molecule has 0 aliphatic carbocycles. The summed E-state index contributed by atoms with van der Waals surface area (Å²) >= 11 is 0. The summed E-state index contributed by atoms with van der Waals surface area (Å²) in [5.41, 5.74) is 1.32. The van der Waals surface area contributed by atoms with Gasteiger partial charge in [0.2, 0.25) is 0 Å². The number of aryl methyl sites for hydroxylation is 1. The van der Waals surface area contributed by atoms with E-state index in [2.05, 4.69) is 15.5 Å². The van der Waals surface area contributed by atoms with E-state index in [0.29, 0.717) is 17.8 Å². The molecule has 6 heteroatoms. The number of nitrogens with zero attached hydrogens (tertiary/aromatic N) is 1. The molecule has 1 aromatic carbocycles. The molecule has 0 bridgehead atoms. The minimum absolute atomic E-state index is 0.188. The molecule has 3 N–H and O–H groups in total. The van der Waals surface area contributed by atoms with Crippen LogP contribution in [0.1, 0.15) is 22.8 Å². The Balaban J connectivity index is 2.54. The molecule has 0 saturated carbocycles. The van der Waals surface area contributed by atoms with Gasteiger partial charge in [0, 0.05) is 18.8 Å². The molecule has 0 unspecified atom stereocenters. The van der Waals surface area contributed by atoms with Crippen molar-refractivity contribution < 1.29 is 14.7 Å². The first-order valence-electron chi connectivity index (χ1n) is 6.51. The number of benzene rings is 1. The Labute approximate surface area is 118 Å². The fraction of sp³-hybridized carbons (Fsp3) is 0.429. The number of carbonyl (C=O) groups is 2. The molecule has 0 radical (unpaired) electrons. The molecule has 0 saturated heterocycles. The number of hydrogen-bond donors (Lipinski definition) is 3. The van der Waals surface area contributed by atoms with E-state index in [4.69, 9.17) is 5.11 Å². The second kappa shape index (κ2) is 7.49. The molecule has 1 rings (SSSR count). The van der Waals surface area contributed by atoms with Gasteiger partial charge in [0.1, 0.15) is 0 Å². The maximum Gasteiger partial charge on any atom is 0.336 e. The lowest BCUT2D eigenvalue weighted by molar-refractivity contribution is 0.0696. The number of rotatable bonds is 6. The van der Waals surface area contributed by atoms with Gasteiger partial charge in [-0.05, 0) is 38.2 Å². The van der Waals surface area contributed by atoms with Gasteiger partial charge in [-0.15, -0.1) is 0 Å². The smallest absolute Gasteiger partial charge is 0.336 e. The second-order valence-electron chi connectivity index (χ2n) is 4.61. The Morgan fingerprint density at radius 1 is 1.35 bits per heavy atom. The average Bonchev–Trinajstić information content (AvgIpc) is 2.40. The van der Waals surface area contributed by atoms with E-state index in [1.807, 2.05) is 14.0 Å². The Bertz CT molecular complexity index is 489. The van der Waals surface area contributed by atoms with Crippen LogP contribution < -0.4 is 10.6 Å². The summed E-state index contributed by atoms with van der Waals surface area (Å²) in [6.45, 7) is 5.98. The van der Waals surface area contributed by atoms with E-state index in [1.165, 1.54) is 6.07 Å². The second-order valence-corrected chi connectivity index (χ2v) is 4.61. The van der Waals surface area contributed by atoms with Gasteiger partial charge >= 0.3 is 12.0 Å². The molecule has 0 atom stereocenters. The zero-order valence-corrected chi connectivity index (χ0v) is 12.1. The lowest BCUT2D eigenvalue weighted by Crippen LogP contribution is -2.35. The fourth-order valence-corrected chi connectivity index (χ4v) is 1.62. The van der Waals surface area contributed by atoms with E-state index >= 15 is 0 Å². The largest absolute Gasteiger partial charge is 0.478 e. The molecule has 2 amide bonds. The molecule has 1 aromatic rings. The van der Waals surface area contributed by atoms with Gasteiger partial charge in [-0.3, -0.25) is 0 Å². The SMILES string of the molecule is CCN(C)CCNC(=O)Nc1ccc(C)c(C(=O)O)c1. The number of aromatic carboxylic acids is 1. The number of likely N-dealkylation sites (N-methyl/N-ethyl adjacent to an activating group) is 1. The van der Waals surface area contributed by atoms with Crippen molar-refractivity contribution in [2.45, 2.75) is 13.8 Å². The fourth-order valence-electron chi connectivity index (χ4n) is 1.62. The maximum atomic E-state index is 11.7. The van der Waals surface area contributed by atoms with Crippen LogP contribution >= 0.6 is 0 Å². The molecule has 0 spiro atoms. The highest BCUT2D eigenvalue weighted by molar-refractivity contribution is 5.94. The monoisotopic (exact) mass is 279 g/mol. The van der Waals surface area contributed by atoms with Gasteiger partial charge < -0.3 is 20.6 Å². The third-order valence-corrected chi connectivity index (χ3v) is 3.04. The van der Waals surface area contributed by atoms with Gasteiger partial charge in [0.15, 0.2) is 0 Å². The average molecular weight is 279 g/mol. The van der Waals surface area contributed by atoms with Crippen LogP contribution in [0.2, 0.25) is 0 Å². The van der Waals surface area contributed by atoms with Gasteiger partial charge in [0.25, 0.3) is 0 Å². The van der Waals surface area contributed by atoms with Crippen LogP contribution in [0.3, 0.4) is 0 Å². The topological polar surface area (TPSA) is 81.7 Å². The van der Waals surface area contributed by atoms with Crippen molar-refractivity contribution in [3.05, 3.63) is 29.3 Å².